The van der Waals surface area contributed by atoms with Crippen LogP contribution in [0.4, 0.5) is 0 Å². The predicted octanol–water partition coefficient (Wildman–Crippen LogP) is 2.64. The Kier molecular flexibility index (Phi) is 5.09. The third kappa shape index (κ3) is 3.85. The molecule has 1 N–H and O–H groups in total. The average molecular weight is 337 g/mol. The summed E-state index contributed by atoms with van der Waals surface area (Å²) in [6, 6.07) is 13.3. The Morgan fingerprint density at radius 1 is 1.16 bits per heavy atom. The first-order chi connectivity index (χ1) is 12.2. The van der Waals surface area contributed by atoms with Crippen molar-refractivity contribution in [2.75, 3.05) is 13.7 Å². The summed E-state index contributed by atoms with van der Waals surface area (Å²) >= 11 is 0. The fourth-order valence-corrected chi connectivity index (χ4v) is 2.64. The number of nitrogens with one attached hydrogen (secondary N) is 1. The number of aromatic nitrogens is 2. The Labute approximate surface area is 145 Å². The number of fused-ring (bicyclic) bond motifs is 1. The minimum Gasteiger partial charge on any atom is -0.465 e. The quantitative estimate of drug-likeness (QED) is 0.554. The molecule has 1 amide bonds. The lowest BCUT2D eigenvalue weighted by atomic mass is 10.2. The van der Waals surface area contributed by atoms with Crippen LogP contribution in [-0.2, 0) is 11.3 Å². The van der Waals surface area contributed by atoms with Gasteiger partial charge in [-0.25, -0.2) is 4.79 Å². The molecule has 6 heteroatoms. The van der Waals surface area contributed by atoms with Crippen molar-refractivity contribution in [3.63, 3.8) is 0 Å². The Bertz CT molecular complexity index is 884. The van der Waals surface area contributed by atoms with E-state index in [0.717, 1.165) is 13.0 Å². The SMILES string of the molecule is COC(=O)c1ccc(C(=O)NCCCn2ccc3ccccc32)nc1. The second-order valence-electron chi connectivity index (χ2n) is 5.60. The molecular weight excluding hydrogens is 318 g/mol. The summed E-state index contributed by atoms with van der Waals surface area (Å²) in [5, 5.41) is 4.05. The number of ether oxygens (including phenoxy) is 1. The topological polar surface area (TPSA) is 73.2 Å². The summed E-state index contributed by atoms with van der Waals surface area (Å²) in [7, 11) is 1.30. The third-order valence-electron chi connectivity index (χ3n) is 3.96. The Balaban J connectivity index is 1.50. The first kappa shape index (κ1) is 16.7. The summed E-state index contributed by atoms with van der Waals surface area (Å²) < 4.78 is 6.77. The van der Waals surface area contributed by atoms with Gasteiger partial charge in [0.05, 0.1) is 12.7 Å². The number of rotatable bonds is 6. The highest BCUT2D eigenvalue weighted by molar-refractivity contribution is 5.94. The molecule has 0 bridgehead atoms. The van der Waals surface area contributed by atoms with E-state index in [9.17, 15) is 9.59 Å². The lowest BCUT2D eigenvalue weighted by Gasteiger charge is -2.07. The van der Waals surface area contributed by atoms with E-state index in [2.05, 4.69) is 44.0 Å². The van der Waals surface area contributed by atoms with E-state index in [0.29, 0.717) is 12.1 Å². The van der Waals surface area contributed by atoms with Crippen LogP contribution in [0.15, 0.2) is 54.9 Å². The van der Waals surface area contributed by atoms with Gasteiger partial charge in [0.1, 0.15) is 5.69 Å². The zero-order valence-corrected chi connectivity index (χ0v) is 13.9. The summed E-state index contributed by atoms with van der Waals surface area (Å²) in [5.74, 6) is -0.729. The van der Waals surface area contributed by atoms with Crippen molar-refractivity contribution in [2.45, 2.75) is 13.0 Å². The molecule has 0 fully saturated rings. The van der Waals surface area contributed by atoms with Crippen LogP contribution in [0.5, 0.6) is 0 Å². The Morgan fingerprint density at radius 3 is 2.76 bits per heavy atom. The zero-order valence-electron chi connectivity index (χ0n) is 13.9. The van der Waals surface area contributed by atoms with Gasteiger partial charge in [0.2, 0.25) is 0 Å². The van der Waals surface area contributed by atoms with Gasteiger partial charge in [-0.15, -0.1) is 0 Å². The molecule has 0 aliphatic carbocycles. The maximum absolute atomic E-state index is 12.1. The maximum atomic E-state index is 12.1. The largest absolute Gasteiger partial charge is 0.465 e. The molecule has 0 aliphatic heterocycles. The monoisotopic (exact) mass is 337 g/mol. The van der Waals surface area contributed by atoms with E-state index in [-0.39, 0.29) is 11.6 Å². The smallest absolute Gasteiger partial charge is 0.339 e. The second-order valence-corrected chi connectivity index (χ2v) is 5.60. The molecule has 0 aliphatic rings. The molecule has 0 saturated carbocycles. The fraction of sp³-hybridized carbons (Fsp3) is 0.211. The molecule has 0 unspecified atom stereocenters. The van der Waals surface area contributed by atoms with Crippen molar-refractivity contribution >= 4 is 22.8 Å². The van der Waals surface area contributed by atoms with Gasteiger partial charge in [-0.05, 0) is 36.1 Å². The molecule has 25 heavy (non-hydrogen) atoms. The Morgan fingerprint density at radius 2 is 2.00 bits per heavy atom. The molecule has 6 nitrogen and oxygen atoms in total. The van der Waals surface area contributed by atoms with Gasteiger partial charge in [-0.3, -0.25) is 9.78 Å². The number of methoxy groups -OCH3 is 1. The number of amides is 1. The molecular formula is C19H19N3O3. The van der Waals surface area contributed by atoms with Crippen LogP contribution in [0, 0.1) is 0 Å². The van der Waals surface area contributed by atoms with Crippen LogP contribution in [0.25, 0.3) is 10.9 Å². The molecule has 0 saturated heterocycles. The molecule has 2 aromatic heterocycles. The number of hydrogen-bond donors (Lipinski definition) is 1. The van der Waals surface area contributed by atoms with Gasteiger partial charge in [-0.2, -0.15) is 0 Å². The van der Waals surface area contributed by atoms with Crippen molar-refractivity contribution in [2.24, 2.45) is 0 Å². The van der Waals surface area contributed by atoms with Crippen LogP contribution >= 0.6 is 0 Å². The van der Waals surface area contributed by atoms with Crippen LogP contribution < -0.4 is 5.32 Å². The van der Waals surface area contributed by atoms with Gasteiger partial charge in [0, 0.05) is 31.0 Å². The number of carbonyl (C=O) groups excluding carboxylic acids is 2. The normalized spacial score (nSPS) is 10.6. The highest BCUT2D eigenvalue weighted by Gasteiger charge is 2.10. The second kappa shape index (κ2) is 7.61. The van der Waals surface area contributed by atoms with Crippen LogP contribution in [-0.4, -0.2) is 35.1 Å². The number of aryl methyl sites for hydroxylation is 1. The standard InChI is InChI=1S/C19H19N3O3/c1-25-19(24)15-7-8-16(21-13-15)18(23)20-10-4-11-22-12-9-14-5-2-3-6-17(14)22/h2-3,5-9,12-13H,4,10-11H2,1H3,(H,20,23). The fourth-order valence-electron chi connectivity index (χ4n) is 2.64. The van der Waals surface area contributed by atoms with Gasteiger partial charge < -0.3 is 14.6 Å². The highest BCUT2D eigenvalue weighted by Crippen LogP contribution is 2.15. The average Bonchev–Trinajstić information content (AvgIpc) is 3.07. The molecule has 0 spiro atoms. The van der Waals surface area contributed by atoms with Crippen LogP contribution in [0.2, 0.25) is 0 Å². The minimum absolute atomic E-state index is 0.256. The van der Waals surface area contributed by atoms with Crippen molar-refractivity contribution in [3.8, 4) is 0 Å². The number of nitrogens with zero attached hydrogens (tertiary/aromatic N) is 2. The van der Waals surface area contributed by atoms with E-state index >= 15 is 0 Å². The van der Waals surface area contributed by atoms with Crippen molar-refractivity contribution in [1.29, 1.82) is 0 Å². The van der Waals surface area contributed by atoms with Crippen LogP contribution in [0.3, 0.4) is 0 Å². The number of carbonyl (C=O) groups is 2. The van der Waals surface area contributed by atoms with Crippen molar-refractivity contribution in [3.05, 3.63) is 66.1 Å². The number of pyridine rings is 1. The molecule has 3 aromatic rings. The van der Waals surface area contributed by atoms with E-state index in [1.54, 1.807) is 0 Å². The summed E-state index contributed by atoms with van der Waals surface area (Å²) in [4.78, 5) is 27.4. The van der Waals surface area contributed by atoms with E-state index in [4.69, 9.17) is 0 Å². The van der Waals surface area contributed by atoms with Crippen molar-refractivity contribution in [1.82, 2.24) is 14.9 Å². The first-order valence-electron chi connectivity index (χ1n) is 8.05. The summed E-state index contributed by atoms with van der Waals surface area (Å²) in [6.07, 6.45) is 4.21. The Hall–Kier alpha value is -3.15. The van der Waals surface area contributed by atoms with E-state index in [1.807, 2.05) is 12.1 Å². The van der Waals surface area contributed by atoms with Gasteiger partial charge >= 0.3 is 5.97 Å². The molecule has 3 rings (SSSR count). The molecule has 2 heterocycles. The third-order valence-corrected chi connectivity index (χ3v) is 3.96. The number of para-hydroxylation sites is 1. The van der Waals surface area contributed by atoms with Gasteiger partial charge in [0.25, 0.3) is 5.91 Å². The van der Waals surface area contributed by atoms with Crippen molar-refractivity contribution < 1.29 is 14.3 Å². The molecule has 0 atom stereocenters. The first-order valence-corrected chi connectivity index (χ1v) is 8.05. The lowest BCUT2D eigenvalue weighted by Crippen LogP contribution is -2.26. The van der Waals surface area contributed by atoms with Gasteiger partial charge in [0.15, 0.2) is 0 Å². The molecule has 128 valence electrons. The molecule has 1 aromatic carbocycles. The summed E-state index contributed by atoms with van der Waals surface area (Å²) in [5.41, 5.74) is 1.78. The van der Waals surface area contributed by atoms with Gasteiger partial charge in [-0.1, -0.05) is 18.2 Å². The van der Waals surface area contributed by atoms with E-state index < -0.39 is 5.97 Å². The zero-order chi connectivity index (χ0) is 17.6. The minimum atomic E-state index is -0.474. The highest BCUT2D eigenvalue weighted by atomic mass is 16.5. The lowest BCUT2D eigenvalue weighted by molar-refractivity contribution is 0.0599. The number of esters is 1. The van der Waals surface area contributed by atoms with E-state index in [1.165, 1.54) is 36.3 Å². The number of benzene rings is 1. The van der Waals surface area contributed by atoms with Crippen LogP contribution in [0.1, 0.15) is 27.3 Å². The maximum Gasteiger partial charge on any atom is 0.339 e. The molecule has 0 radical (unpaired) electrons. The number of hydrogen-bond acceptors (Lipinski definition) is 4. The summed E-state index contributed by atoms with van der Waals surface area (Å²) in [6.45, 7) is 1.37. The predicted molar refractivity (Wildman–Crippen MR) is 94.5 cm³/mol.